The van der Waals surface area contributed by atoms with Gasteiger partial charge in [-0.15, -0.1) is 11.3 Å². The summed E-state index contributed by atoms with van der Waals surface area (Å²) in [6, 6.07) is 8.55. The second-order valence-electron chi connectivity index (χ2n) is 4.03. The molecule has 0 aliphatic carbocycles. The second kappa shape index (κ2) is 5.34. The molecule has 0 unspecified atom stereocenters. The van der Waals surface area contributed by atoms with Gasteiger partial charge in [-0.2, -0.15) is 0 Å². The van der Waals surface area contributed by atoms with E-state index in [1.54, 1.807) is 18.4 Å². The molecule has 0 saturated carbocycles. The highest BCUT2D eigenvalue weighted by atomic mass is 32.1. The average Bonchev–Trinajstić information content (AvgIpc) is 2.78. The van der Waals surface area contributed by atoms with E-state index in [2.05, 4.69) is 35.8 Å². The Hall–Kier alpha value is -1.32. The van der Waals surface area contributed by atoms with Gasteiger partial charge in [0.2, 0.25) is 0 Å². The van der Waals surface area contributed by atoms with Crippen molar-refractivity contribution in [2.24, 2.45) is 0 Å². The number of nitrogens with one attached hydrogen (secondary N) is 1. The van der Waals surface area contributed by atoms with Gasteiger partial charge in [0, 0.05) is 11.4 Å². The fourth-order valence-electron chi connectivity index (χ4n) is 1.86. The molecule has 90 valence electrons. The van der Waals surface area contributed by atoms with Crippen LogP contribution in [0.25, 0.3) is 10.4 Å². The number of benzene rings is 1. The maximum Gasteiger partial charge on any atom is 0.121 e. The molecule has 1 heterocycles. The Morgan fingerprint density at radius 1 is 1.29 bits per heavy atom. The van der Waals surface area contributed by atoms with Crippen molar-refractivity contribution in [1.29, 1.82) is 0 Å². The Bertz CT molecular complexity index is 505. The highest BCUT2D eigenvalue weighted by molar-refractivity contribution is 7.13. The minimum Gasteiger partial charge on any atom is -0.496 e. The number of hydrogen-bond donors (Lipinski definition) is 1. The van der Waals surface area contributed by atoms with E-state index in [0.29, 0.717) is 0 Å². The van der Waals surface area contributed by atoms with E-state index in [1.165, 1.54) is 21.6 Å². The smallest absolute Gasteiger partial charge is 0.121 e. The van der Waals surface area contributed by atoms with Crippen LogP contribution in [0.5, 0.6) is 5.75 Å². The second-order valence-corrected chi connectivity index (χ2v) is 4.95. The van der Waals surface area contributed by atoms with Gasteiger partial charge in [0.05, 0.1) is 7.11 Å². The van der Waals surface area contributed by atoms with Gasteiger partial charge in [-0.05, 0) is 60.3 Å². The minimum absolute atomic E-state index is 0.922. The number of thiophene rings is 1. The van der Waals surface area contributed by atoms with Gasteiger partial charge in [0.1, 0.15) is 5.75 Å². The molecule has 0 spiro atoms. The molecule has 17 heavy (non-hydrogen) atoms. The van der Waals surface area contributed by atoms with Crippen LogP contribution in [0.15, 0.2) is 29.6 Å². The molecule has 1 aromatic carbocycles. The van der Waals surface area contributed by atoms with Crippen molar-refractivity contribution in [3.8, 4) is 16.2 Å². The molecule has 0 atom stereocenters. The summed E-state index contributed by atoms with van der Waals surface area (Å²) in [5.74, 6) is 0.945. The van der Waals surface area contributed by atoms with E-state index in [4.69, 9.17) is 4.74 Å². The lowest BCUT2D eigenvalue weighted by atomic mass is 10.1. The maximum atomic E-state index is 5.27. The third kappa shape index (κ3) is 2.68. The normalized spacial score (nSPS) is 10.5. The van der Waals surface area contributed by atoms with Gasteiger partial charge in [0.15, 0.2) is 0 Å². The van der Waals surface area contributed by atoms with Crippen LogP contribution in [0.3, 0.4) is 0 Å². The zero-order valence-electron chi connectivity index (χ0n) is 10.4. The van der Waals surface area contributed by atoms with Crippen LogP contribution in [-0.4, -0.2) is 14.2 Å². The summed E-state index contributed by atoms with van der Waals surface area (Å²) in [6.07, 6.45) is 0. The van der Waals surface area contributed by atoms with E-state index in [0.717, 1.165) is 12.3 Å². The Morgan fingerprint density at radius 2 is 2.12 bits per heavy atom. The predicted octanol–water partition coefficient (Wildman–Crippen LogP) is 3.45. The van der Waals surface area contributed by atoms with Crippen LogP contribution in [0, 0.1) is 6.92 Å². The Labute approximate surface area is 106 Å². The molecular weight excluding hydrogens is 230 g/mol. The summed E-state index contributed by atoms with van der Waals surface area (Å²) in [4.78, 5) is 1.31. The molecule has 0 amide bonds. The van der Waals surface area contributed by atoms with Gasteiger partial charge >= 0.3 is 0 Å². The Kier molecular flexibility index (Phi) is 3.82. The molecule has 0 radical (unpaired) electrons. The summed E-state index contributed by atoms with van der Waals surface area (Å²) >= 11 is 1.78. The summed E-state index contributed by atoms with van der Waals surface area (Å²) in [7, 11) is 3.67. The first-order valence-electron chi connectivity index (χ1n) is 5.61. The molecule has 2 nitrogen and oxygen atoms in total. The summed E-state index contributed by atoms with van der Waals surface area (Å²) in [6.45, 7) is 3.00. The molecule has 2 aromatic rings. The molecule has 0 saturated heterocycles. The Balaban J connectivity index is 2.29. The first kappa shape index (κ1) is 12.1. The maximum absolute atomic E-state index is 5.27. The molecule has 1 aromatic heterocycles. The van der Waals surface area contributed by atoms with Crippen molar-refractivity contribution in [3.05, 3.63) is 40.8 Å². The summed E-state index contributed by atoms with van der Waals surface area (Å²) in [5.41, 5.74) is 3.77. The minimum atomic E-state index is 0.922. The van der Waals surface area contributed by atoms with Gasteiger partial charge in [0.25, 0.3) is 0 Å². The summed E-state index contributed by atoms with van der Waals surface area (Å²) in [5, 5.41) is 5.36. The van der Waals surface area contributed by atoms with Crippen LogP contribution < -0.4 is 10.1 Å². The fraction of sp³-hybridized carbons (Fsp3) is 0.286. The van der Waals surface area contributed by atoms with Crippen LogP contribution in [0.4, 0.5) is 0 Å². The van der Waals surface area contributed by atoms with Gasteiger partial charge in [-0.1, -0.05) is 0 Å². The number of rotatable bonds is 4. The molecular formula is C14H17NOS. The standard InChI is InChI=1S/C14H17NOS/c1-10-6-12(4-5-13(10)16-3)14-7-11(8-15-2)9-17-14/h4-7,9,15H,8H2,1-3H3. The molecule has 3 heteroatoms. The lowest BCUT2D eigenvalue weighted by molar-refractivity contribution is 0.412. The van der Waals surface area contributed by atoms with Crippen molar-refractivity contribution in [2.45, 2.75) is 13.5 Å². The molecule has 2 rings (SSSR count). The van der Waals surface area contributed by atoms with Gasteiger partial charge in [-0.3, -0.25) is 0 Å². The van der Waals surface area contributed by atoms with E-state index >= 15 is 0 Å². The fourth-order valence-corrected chi connectivity index (χ4v) is 2.77. The van der Waals surface area contributed by atoms with Crippen molar-refractivity contribution in [3.63, 3.8) is 0 Å². The first-order chi connectivity index (χ1) is 8.24. The van der Waals surface area contributed by atoms with Gasteiger partial charge < -0.3 is 10.1 Å². The van der Waals surface area contributed by atoms with Crippen LogP contribution in [-0.2, 0) is 6.54 Å². The van der Waals surface area contributed by atoms with Crippen LogP contribution in [0.1, 0.15) is 11.1 Å². The molecule has 0 fully saturated rings. The number of aryl methyl sites for hydroxylation is 1. The number of hydrogen-bond acceptors (Lipinski definition) is 3. The zero-order valence-corrected chi connectivity index (χ0v) is 11.2. The highest BCUT2D eigenvalue weighted by Crippen LogP contribution is 2.30. The van der Waals surface area contributed by atoms with E-state index < -0.39 is 0 Å². The third-order valence-electron chi connectivity index (χ3n) is 2.71. The van der Waals surface area contributed by atoms with E-state index in [1.807, 2.05) is 13.1 Å². The average molecular weight is 247 g/mol. The van der Waals surface area contributed by atoms with Crippen molar-refractivity contribution in [2.75, 3.05) is 14.2 Å². The molecule has 0 aliphatic rings. The van der Waals surface area contributed by atoms with Crippen LogP contribution >= 0.6 is 11.3 Å². The van der Waals surface area contributed by atoms with Crippen molar-refractivity contribution >= 4 is 11.3 Å². The Morgan fingerprint density at radius 3 is 2.76 bits per heavy atom. The summed E-state index contributed by atoms with van der Waals surface area (Å²) < 4.78 is 5.27. The van der Waals surface area contributed by atoms with E-state index in [9.17, 15) is 0 Å². The monoisotopic (exact) mass is 247 g/mol. The first-order valence-corrected chi connectivity index (χ1v) is 6.49. The van der Waals surface area contributed by atoms with Crippen LogP contribution in [0.2, 0.25) is 0 Å². The highest BCUT2D eigenvalue weighted by Gasteiger charge is 2.05. The van der Waals surface area contributed by atoms with Gasteiger partial charge in [-0.25, -0.2) is 0 Å². The SMILES string of the molecule is CNCc1csc(-c2ccc(OC)c(C)c2)c1. The lowest BCUT2D eigenvalue weighted by Gasteiger charge is -2.05. The third-order valence-corrected chi connectivity index (χ3v) is 3.74. The number of ether oxygens (including phenoxy) is 1. The van der Waals surface area contributed by atoms with Crippen molar-refractivity contribution < 1.29 is 4.74 Å². The largest absolute Gasteiger partial charge is 0.496 e. The molecule has 0 bridgehead atoms. The quantitative estimate of drug-likeness (QED) is 0.893. The van der Waals surface area contributed by atoms with E-state index in [-0.39, 0.29) is 0 Å². The molecule has 1 N–H and O–H groups in total. The molecule has 0 aliphatic heterocycles. The lowest BCUT2D eigenvalue weighted by Crippen LogP contribution is -2.03. The van der Waals surface area contributed by atoms with Crippen molar-refractivity contribution in [1.82, 2.24) is 5.32 Å². The predicted molar refractivity (Wildman–Crippen MR) is 73.8 cm³/mol. The zero-order chi connectivity index (χ0) is 12.3. The number of methoxy groups -OCH3 is 1. The topological polar surface area (TPSA) is 21.3 Å².